The Balaban J connectivity index is 1.42. The number of carbonyl (C=O) groups excluding carboxylic acids is 1. The molecule has 0 amide bonds. The second-order valence-corrected chi connectivity index (χ2v) is 21.4. The Morgan fingerprint density at radius 1 is 0.971 bits per heavy atom. The predicted octanol–water partition coefficient (Wildman–Crippen LogP) is 4.37. The predicted molar refractivity (Wildman–Crippen MR) is 252 cm³/mol. The molecule has 3 aliphatic rings. The highest BCUT2D eigenvalue weighted by molar-refractivity contribution is 5.73. The minimum atomic E-state index is -4.43. The summed E-state index contributed by atoms with van der Waals surface area (Å²) in [5, 5.41) is 68.0. The van der Waals surface area contributed by atoms with Crippen LogP contribution in [-0.2, 0) is 58.8 Å². The average molecular weight is 1000 g/mol. The number of alkyl halides is 3. The van der Waals surface area contributed by atoms with Crippen LogP contribution in [0.1, 0.15) is 112 Å². The van der Waals surface area contributed by atoms with Crippen LogP contribution in [0.4, 0.5) is 13.2 Å². The number of rotatable bonds is 13. The van der Waals surface area contributed by atoms with Crippen LogP contribution in [0, 0.1) is 17.8 Å². The lowest BCUT2D eigenvalue weighted by Gasteiger charge is -2.49. The van der Waals surface area contributed by atoms with Crippen molar-refractivity contribution in [3.8, 4) is 0 Å². The fraction of sp³-hybridized carbons (Fsp3) is 0.820. The highest BCUT2D eigenvalue weighted by Crippen LogP contribution is 2.40. The Hall–Kier alpha value is -2.86. The lowest BCUT2D eigenvalue weighted by Crippen LogP contribution is -2.61. The molecule has 0 radical (unpaired) electrons. The van der Waals surface area contributed by atoms with Crippen LogP contribution in [0.2, 0.25) is 0 Å². The highest BCUT2D eigenvalue weighted by atomic mass is 19.4. The number of aryl methyl sites for hydroxylation is 2. The number of aliphatic hydroxyl groups is 5. The Morgan fingerprint density at radius 3 is 2.30 bits per heavy atom. The lowest BCUT2D eigenvalue weighted by molar-refractivity contribution is -0.318. The molecule has 70 heavy (non-hydrogen) atoms. The maximum absolute atomic E-state index is 14.5. The number of nitrogens with zero attached hydrogens (tertiary/aromatic N) is 5. The van der Waals surface area contributed by atoms with Crippen molar-refractivity contribution in [2.75, 3.05) is 34.3 Å². The number of methoxy groups -OCH3 is 1. The molecule has 0 spiro atoms. The van der Waals surface area contributed by atoms with E-state index in [1.165, 1.54) is 20.1 Å². The van der Waals surface area contributed by atoms with E-state index in [-0.39, 0.29) is 25.2 Å². The van der Waals surface area contributed by atoms with E-state index >= 15 is 0 Å². The molecule has 20 heteroatoms. The van der Waals surface area contributed by atoms with Crippen LogP contribution in [0.3, 0.4) is 0 Å². The Morgan fingerprint density at radius 2 is 1.66 bits per heavy atom. The number of halogens is 3. The van der Waals surface area contributed by atoms with Gasteiger partial charge in [0.25, 0.3) is 0 Å². The quantitative estimate of drug-likeness (QED) is 0.177. The number of benzene rings is 1. The van der Waals surface area contributed by atoms with E-state index in [0.717, 1.165) is 12.1 Å². The molecule has 1 aromatic heterocycles. The summed E-state index contributed by atoms with van der Waals surface area (Å²) in [5.41, 5.74) is -4.12. The normalized spacial score (nSPS) is 40.1. The van der Waals surface area contributed by atoms with E-state index in [1.54, 1.807) is 65.4 Å². The number of aromatic nitrogens is 3. The molecule has 3 fully saturated rings. The van der Waals surface area contributed by atoms with Crippen molar-refractivity contribution in [1.82, 2.24) is 24.8 Å². The van der Waals surface area contributed by atoms with Crippen molar-refractivity contribution in [1.29, 1.82) is 0 Å². The summed E-state index contributed by atoms with van der Waals surface area (Å²) in [6.45, 7) is 18.5. The van der Waals surface area contributed by atoms with Gasteiger partial charge in [-0.15, -0.1) is 5.10 Å². The summed E-state index contributed by atoms with van der Waals surface area (Å²) < 4.78 is 79.5. The number of aliphatic hydroxyl groups excluding tert-OH is 3. The van der Waals surface area contributed by atoms with Gasteiger partial charge in [-0.3, -0.25) is 9.48 Å². The summed E-state index contributed by atoms with van der Waals surface area (Å²) in [6, 6.07) is 4.13. The largest absolute Gasteiger partial charge is 0.459 e. The number of hydrogen-bond donors (Lipinski definition) is 5. The zero-order valence-corrected chi connectivity index (χ0v) is 43.4. The van der Waals surface area contributed by atoms with Crippen LogP contribution in [0.15, 0.2) is 30.5 Å². The van der Waals surface area contributed by atoms with Crippen LogP contribution in [0.5, 0.6) is 0 Å². The monoisotopic (exact) mass is 1000 g/mol. The van der Waals surface area contributed by atoms with Gasteiger partial charge in [0.2, 0.25) is 0 Å². The number of carbonyl (C=O) groups is 1. The van der Waals surface area contributed by atoms with Gasteiger partial charge < -0.3 is 63.8 Å². The van der Waals surface area contributed by atoms with E-state index in [1.807, 2.05) is 37.7 Å². The smallest absolute Gasteiger partial charge is 0.416 e. The molecule has 0 saturated carbocycles. The topological polar surface area (TPSA) is 211 Å². The second-order valence-electron chi connectivity index (χ2n) is 21.4. The lowest BCUT2D eigenvalue weighted by atomic mass is 9.77. The first-order valence-electron chi connectivity index (χ1n) is 24.8. The zero-order valence-electron chi connectivity index (χ0n) is 43.4. The number of hydrogen-bond acceptors (Lipinski definition) is 16. The van der Waals surface area contributed by atoms with Gasteiger partial charge in [-0.05, 0) is 106 Å². The van der Waals surface area contributed by atoms with Crippen molar-refractivity contribution >= 4 is 5.97 Å². The van der Waals surface area contributed by atoms with Crippen LogP contribution >= 0.6 is 0 Å². The maximum atomic E-state index is 14.5. The summed E-state index contributed by atoms with van der Waals surface area (Å²) >= 11 is 0. The molecule has 1 aromatic carbocycles. The molecule has 3 aliphatic heterocycles. The van der Waals surface area contributed by atoms with E-state index in [0.29, 0.717) is 50.2 Å². The Kier molecular flexibility index (Phi) is 19.5. The van der Waals surface area contributed by atoms with Gasteiger partial charge in [0, 0.05) is 63.8 Å². The first-order valence-corrected chi connectivity index (χ1v) is 24.8. The second kappa shape index (κ2) is 23.6. The zero-order chi connectivity index (χ0) is 52.3. The van der Waals surface area contributed by atoms with Gasteiger partial charge in [0.05, 0.1) is 52.8 Å². The molecule has 5 N–H and O–H groups in total. The summed E-state index contributed by atoms with van der Waals surface area (Å²) in [5.74, 6) is -2.90. The first kappa shape index (κ1) is 58.0. The summed E-state index contributed by atoms with van der Waals surface area (Å²) in [7, 11) is 5.17. The van der Waals surface area contributed by atoms with Crippen molar-refractivity contribution in [3.05, 3.63) is 47.3 Å². The molecule has 0 bridgehead atoms. The van der Waals surface area contributed by atoms with Crippen molar-refractivity contribution in [3.63, 3.8) is 0 Å². The fourth-order valence-electron chi connectivity index (χ4n) is 10.8. The van der Waals surface area contributed by atoms with Crippen molar-refractivity contribution in [2.24, 2.45) is 17.8 Å². The van der Waals surface area contributed by atoms with E-state index in [9.17, 15) is 43.5 Å². The average Bonchev–Trinajstić information content (AvgIpc) is 3.76. The molecule has 400 valence electrons. The van der Waals surface area contributed by atoms with Gasteiger partial charge in [-0.25, -0.2) is 0 Å². The Labute approximate surface area is 411 Å². The van der Waals surface area contributed by atoms with Crippen LogP contribution in [-0.4, -0.2) is 181 Å². The molecule has 0 aliphatic carbocycles. The highest BCUT2D eigenvalue weighted by Gasteiger charge is 2.53. The maximum Gasteiger partial charge on any atom is 0.416 e. The van der Waals surface area contributed by atoms with Gasteiger partial charge >= 0.3 is 12.1 Å². The number of cyclic esters (lactones) is 1. The molecular formula is C50H82F3N5O12. The molecule has 3 saturated heterocycles. The molecule has 18 atom stereocenters. The summed E-state index contributed by atoms with van der Waals surface area (Å²) in [6.07, 6.45) is -11.4. The van der Waals surface area contributed by atoms with Crippen molar-refractivity contribution in [2.45, 2.75) is 211 Å². The third-order valence-electron chi connectivity index (χ3n) is 15.3. The van der Waals surface area contributed by atoms with Crippen LogP contribution < -0.4 is 0 Å². The fourth-order valence-corrected chi connectivity index (χ4v) is 10.8. The molecule has 5 rings (SSSR count). The van der Waals surface area contributed by atoms with Gasteiger partial charge in [-0.2, -0.15) is 13.2 Å². The molecule has 0 unspecified atom stereocenters. The third-order valence-corrected chi connectivity index (χ3v) is 15.3. The standard InChI is InChI=1S/C50H82F3N5O12/c1-14-38-49(10,64)42(60)32(6)57(12)26-28(2)24-47(8,63)44(30(4)41(31(5)45(62)68-38)69-39-25-48(9,65-13)43(61)33(7)67-39)70-46-40(59)37(22-29(3)66-46)56(11)20-19-36-27-58(55-54-36)21-18-34-16-15-17-35(23-34)50(51,52)53/h15-17,23,27-33,37-44,46,59-61,63-64H,14,18-22,24-26H2,1-13H3/t28-,29-,30+,31-,32-,33+,37+,38-,39+,40-,41+,42-,43+,44-,46+,47-,48-,49-/m1/s1. The molecule has 2 aromatic rings. The Bertz CT molecular complexity index is 1980. The van der Waals surface area contributed by atoms with Gasteiger partial charge in [0.1, 0.15) is 30.0 Å². The van der Waals surface area contributed by atoms with Gasteiger partial charge in [0.15, 0.2) is 12.6 Å². The number of likely N-dealkylation sites (N-methyl/N-ethyl adjacent to an activating group) is 2. The van der Waals surface area contributed by atoms with E-state index < -0.39 is 120 Å². The summed E-state index contributed by atoms with van der Waals surface area (Å²) in [4.78, 5) is 18.3. The number of esters is 1. The molecule has 17 nitrogen and oxygen atoms in total. The third kappa shape index (κ3) is 13.8. The van der Waals surface area contributed by atoms with Gasteiger partial charge in [-0.1, -0.05) is 44.2 Å². The van der Waals surface area contributed by atoms with E-state index in [2.05, 4.69) is 10.3 Å². The minimum Gasteiger partial charge on any atom is -0.459 e. The van der Waals surface area contributed by atoms with E-state index in [4.69, 9.17) is 28.4 Å². The first-order chi connectivity index (χ1) is 32.5. The van der Waals surface area contributed by atoms with Crippen LogP contribution in [0.25, 0.3) is 0 Å². The SMILES string of the molecule is CC[C@H]1OC(=O)[C@H](C)[C@@H](O[C@H]2C[C@@](C)(OC)[C@@H](O)[C@H](C)O2)[C@H](C)[C@@H](O[C@@H]2O[C@H](C)C[C@H](N(C)CCc3cn(CCc4cccc(C(F)(F)F)c4)nn3)[C@H]2O)[C@](C)(O)C[C@@H](C)CN(C)[C@H](C)[C@@H](O)[C@]1(C)O. The molecule has 4 heterocycles. The van der Waals surface area contributed by atoms with Crippen molar-refractivity contribution < 1.29 is 71.9 Å². The molecular weight excluding hydrogens is 920 g/mol. The minimum absolute atomic E-state index is 0.0771. The number of ether oxygens (including phenoxy) is 6.